The summed E-state index contributed by atoms with van der Waals surface area (Å²) in [5.41, 5.74) is 4.97. The summed E-state index contributed by atoms with van der Waals surface area (Å²) in [5.74, 6) is -0.238. The van der Waals surface area contributed by atoms with Gasteiger partial charge in [-0.3, -0.25) is 4.79 Å². The molecule has 1 amide bonds. The monoisotopic (exact) mass is 214 g/mol. The van der Waals surface area contributed by atoms with Crippen molar-refractivity contribution < 1.29 is 9.53 Å². The Bertz CT molecular complexity index is 221. The Hall–Kier alpha value is -0.610. The van der Waals surface area contributed by atoms with E-state index in [9.17, 15) is 4.79 Å². The minimum absolute atomic E-state index is 0.163. The normalized spacial score (nSPS) is 31.5. The molecule has 3 N–H and O–H groups in total. The van der Waals surface area contributed by atoms with E-state index in [0.717, 1.165) is 19.4 Å². The molecule has 0 aromatic heterocycles. The Morgan fingerprint density at radius 2 is 2.33 bits per heavy atom. The SMILES string of the molecule is CCCNC1(C(N)=O)CCOC(CC)C1. The summed E-state index contributed by atoms with van der Waals surface area (Å²) < 4.78 is 5.56. The van der Waals surface area contributed by atoms with Crippen LogP contribution < -0.4 is 11.1 Å². The van der Waals surface area contributed by atoms with Crippen molar-refractivity contribution in [1.29, 1.82) is 0 Å². The lowest BCUT2D eigenvalue weighted by atomic mass is 9.85. The average Bonchev–Trinajstić information content (AvgIpc) is 2.26. The van der Waals surface area contributed by atoms with E-state index in [-0.39, 0.29) is 12.0 Å². The maximum Gasteiger partial charge on any atom is 0.237 e. The van der Waals surface area contributed by atoms with E-state index in [2.05, 4.69) is 19.2 Å². The molecule has 0 saturated carbocycles. The number of ether oxygens (including phenoxy) is 1. The van der Waals surface area contributed by atoms with E-state index in [4.69, 9.17) is 10.5 Å². The van der Waals surface area contributed by atoms with Crippen molar-refractivity contribution in [1.82, 2.24) is 5.32 Å². The van der Waals surface area contributed by atoms with Crippen molar-refractivity contribution in [2.45, 2.75) is 51.2 Å². The zero-order chi connectivity index (χ0) is 11.3. The van der Waals surface area contributed by atoms with Crippen LogP contribution in [0.1, 0.15) is 39.5 Å². The second kappa shape index (κ2) is 5.47. The third-order valence-corrected chi connectivity index (χ3v) is 3.10. The summed E-state index contributed by atoms with van der Waals surface area (Å²) in [6.45, 7) is 5.61. The Kier molecular flexibility index (Phi) is 4.54. The highest BCUT2D eigenvalue weighted by Crippen LogP contribution is 2.26. The van der Waals surface area contributed by atoms with Gasteiger partial charge in [0.05, 0.1) is 6.10 Å². The van der Waals surface area contributed by atoms with Crippen LogP contribution in [-0.2, 0) is 9.53 Å². The quantitative estimate of drug-likeness (QED) is 0.711. The average molecular weight is 214 g/mol. The molecule has 0 aromatic carbocycles. The van der Waals surface area contributed by atoms with E-state index in [1.54, 1.807) is 0 Å². The molecule has 1 rings (SSSR count). The molecule has 1 saturated heterocycles. The van der Waals surface area contributed by atoms with Gasteiger partial charge in [-0.25, -0.2) is 0 Å². The van der Waals surface area contributed by atoms with Crippen LogP contribution in [0.25, 0.3) is 0 Å². The number of carbonyl (C=O) groups excluding carboxylic acids is 1. The van der Waals surface area contributed by atoms with Crippen molar-refractivity contribution in [2.24, 2.45) is 5.73 Å². The topological polar surface area (TPSA) is 64.3 Å². The first-order chi connectivity index (χ1) is 7.14. The fourth-order valence-corrected chi connectivity index (χ4v) is 2.05. The molecule has 0 bridgehead atoms. The van der Waals surface area contributed by atoms with E-state index < -0.39 is 5.54 Å². The van der Waals surface area contributed by atoms with Crippen molar-refractivity contribution in [3.8, 4) is 0 Å². The second-order valence-corrected chi connectivity index (χ2v) is 4.23. The molecule has 1 fully saturated rings. The first-order valence-electron chi connectivity index (χ1n) is 5.81. The minimum Gasteiger partial charge on any atom is -0.378 e. The highest BCUT2D eigenvalue weighted by molar-refractivity contribution is 5.84. The van der Waals surface area contributed by atoms with E-state index in [1.165, 1.54) is 0 Å². The maximum atomic E-state index is 11.5. The molecule has 1 heterocycles. The third-order valence-electron chi connectivity index (χ3n) is 3.10. The van der Waals surface area contributed by atoms with Gasteiger partial charge in [-0.2, -0.15) is 0 Å². The predicted molar refractivity (Wildman–Crippen MR) is 59.5 cm³/mol. The molecular formula is C11H22N2O2. The van der Waals surface area contributed by atoms with E-state index in [0.29, 0.717) is 19.4 Å². The van der Waals surface area contributed by atoms with Gasteiger partial charge in [0.2, 0.25) is 5.91 Å². The molecule has 1 aliphatic rings. The number of hydrogen-bond donors (Lipinski definition) is 2. The van der Waals surface area contributed by atoms with Gasteiger partial charge in [-0.1, -0.05) is 13.8 Å². The van der Waals surface area contributed by atoms with Gasteiger partial charge in [0, 0.05) is 13.0 Å². The Labute approximate surface area is 91.5 Å². The van der Waals surface area contributed by atoms with Gasteiger partial charge in [-0.05, 0) is 25.8 Å². The Morgan fingerprint density at radius 1 is 1.60 bits per heavy atom. The molecular weight excluding hydrogens is 192 g/mol. The summed E-state index contributed by atoms with van der Waals surface area (Å²) in [5, 5.41) is 3.29. The smallest absolute Gasteiger partial charge is 0.237 e. The highest BCUT2D eigenvalue weighted by atomic mass is 16.5. The van der Waals surface area contributed by atoms with Crippen molar-refractivity contribution >= 4 is 5.91 Å². The van der Waals surface area contributed by atoms with Crippen LogP contribution in [0.2, 0.25) is 0 Å². The fraction of sp³-hybridized carbons (Fsp3) is 0.909. The van der Waals surface area contributed by atoms with Crippen LogP contribution in [0.15, 0.2) is 0 Å². The number of nitrogens with two attached hydrogens (primary N) is 1. The van der Waals surface area contributed by atoms with E-state index >= 15 is 0 Å². The number of nitrogens with one attached hydrogen (secondary N) is 1. The largest absolute Gasteiger partial charge is 0.378 e. The molecule has 15 heavy (non-hydrogen) atoms. The van der Waals surface area contributed by atoms with Gasteiger partial charge in [0.15, 0.2) is 0 Å². The van der Waals surface area contributed by atoms with Gasteiger partial charge < -0.3 is 15.8 Å². The minimum atomic E-state index is -0.533. The summed E-state index contributed by atoms with van der Waals surface area (Å²) in [6, 6.07) is 0. The van der Waals surface area contributed by atoms with Gasteiger partial charge in [0.1, 0.15) is 5.54 Å². The lowest BCUT2D eigenvalue weighted by Gasteiger charge is -2.39. The molecule has 0 aromatic rings. The van der Waals surface area contributed by atoms with Crippen molar-refractivity contribution in [3.05, 3.63) is 0 Å². The molecule has 2 unspecified atom stereocenters. The molecule has 0 aliphatic carbocycles. The number of amides is 1. The predicted octanol–water partition coefficient (Wildman–Crippen LogP) is 0.799. The standard InChI is InChI=1S/C11H22N2O2/c1-3-6-13-11(10(12)14)5-7-15-9(4-2)8-11/h9,13H,3-8H2,1-2H3,(H2,12,14). The summed E-state index contributed by atoms with van der Waals surface area (Å²) in [4.78, 5) is 11.5. The van der Waals surface area contributed by atoms with Crippen LogP contribution >= 0.6 is 0 Å². The maximum absolute atomic E-state index is 11.5. The second-order valence-electron chi connectivity index (χ2n) is 4.23. The van der Waals surface area contributed by atoms with E-state index in [1.807, 2.05) is 0 Å². The van der Waals surface area contributed by atoms with Gasteiger partial charge in [-0.15, -0.1) is 0 Å². The van der Waals surface area contributed by atoms with Crippen molar-refractivity contribution in [3.63, 3.8) is 0 Å². The number of carbonyl (C=O) groups is 1. The lowest BCUT2D eigenvalue weighted by molar-refractivity contribution is -0.131. The molecule has 2 atom stereocenters. The molecule has 1 aliphatic heterocycles. The zero-order valence-corrected chi connectivity index (χ0v) is 9.71. The number of rotatable bonds is 5. The highest BCUT2D eigenvalue weighted by Gasteiger charge is 2.40. The third kappa shape index (κ3) is 2.92. The summed E-state index contributed by atoms with van der Waals surface area (Å²) >= 11 is 0. The molecule has 0 radical (unpaired) electrons. The number of hydrogen-bond acceptors (Lipinski definition) is 3. The van der Waals surface area contributed by atoms with Gasteiger partial charge in [0.25, 0.3) is 0 Å². The van der Waals surface area contributed by atoms with Crippen LogP contribution in [0.4, 0.5) is 0 Å². The van der Waals surface area contributed by atoms with Crippen LogP contribution in [0.5, 0.6) is 0 Å². The lowest BCUT2D eigenvalue weighted by Crippen LogP contribution is -2.60. The van der Waals surface area contributed by atoms with Crippen LogP contribution in [0, 0.1) is 0 Å². The summed E-state index contributed by atoms with van der Waals surface area (Å²) in [6.07, 6.45) is 3.50. The van der Waals surface area contributed by atoms with Crippen LogP contribution in [0.3, 0.4) is 0 Å². The Morgan fingerprint density at radius 3 is 2.87 bits per heavy atom. The number of primary amides is 1. The molecule has 88 valence electrons. The van der Waals surface area contributed by atoms with Crippen LogP contribution in [-0.4, -0.2) is 30.7 Å². The first-order valence-corrected chi connectivity index (χ1v) is 5.81. The molecule has 0 spiro atoms. The molecule has 4 heteroatoms. The van der Waals surface area contributed by atoms with Gasteiger partial charge >= 0.3 is 0 Å². The summed E-state index contributed by atoms with van der Waals surface area (Å²) in [7, 11) is 0. The zero-order valence-electron chi connectivity index (χ0n) is 9.71. The van der Waals surface area contributed by atoms with Crippen molar-refractivity contribution in [2.75, 3.05) is 13.2 Å². The first kappa shape index (κ1) is 12.5. The Balaban J connectivity index is 2.66. The molecule has 4 nitrogen and oxygen atoms in total. The fourth-order valence-electron chi connectivity index (χ4n) is 2.05.